The number of hydrogen-bond acceptors (Lipinski definition) is 5. The molecular weight excluding hydrogens is 320 g/mol. The average molecular weight is 348 g/mol. The van der Waals surface area contributed by atoms with Crippen LogP contribution in [0, 0.1) is 23.7 Å². The van der Waals surface area contributed by atoms with Crippen molar-refractivity contribution in [2.24, 2.45) is 23.7 Å². The van der Waals surface area contributed by atoms with Gasteiger partial charge in [-0.1, -0.05) is 18.6 Å². The second kappa shape index (κ2) is 6.27. The lowest BCUT2D eigenvalue weighted by Crippen LogP contribution is -2.44. The minimum Gasteiger partial charge on any atom is -0.458 e. The predicted molar refractivity (Wildman–Crippen MR) is 92.4 cm³/mol. The maximum atomic E-state index is 12.2. The predicted octanol–water partition coefficient (Wildman–Crippen LogP) is 2.78. The fourth-order valence-electron chi connectivity index (χ4n) is 4.65. The fraction of sp³-hybridized carbons (Fsp3) is 0.700. The molecule has 2 aliphatic carbocycles. The highest BCUT2D eigenvalue weighted by atomic mass is 16.6. The molecule has 5 nitrogen and oxygen atoms in total. The Hall–Kier alpha value is -1.62. The van der Waals surface area contributed by atoms with Crippen LogP contribution in [0.5, 0.6) is 0 Å². The molecule has 3 aliphatic rings. The molecule has 3 rings (SSSR count). The molecule has 1 saturated carbocycles. The van der Waals surface area contributed by atoms with Gasteiger partial charge < -0.3 is 14.6 Å². The van der Waals surface area contributed by atoms with Gasteiger partial charge in [0.25, 0.3) is 0 Å². The third-order valence-corrected chi connectivity index (χ3v) is 6.59. The summed E-state index contributed by atoms with van der Waals surface area (Å²) in [5.74, 6) is -0.570. The maximum Gasteiger partial charge on any atom is 0.333 e. The van der Waals surface area contributed by atoms with Crippen LogP contribution in [0.4, 0.5) is 0 Å². The molecule has 7 atom stereocenters. The smallest absolute Gasteiger partial charge is 0.333 e. The van der Waals surface area contributed by atoms with Crippen molar-refractivity contribution in [3.05, 3.63) is 23.3 Å². The number of rotatable bonds is 2. The van der Waals surface area contributed by atoms with E-state index in [-0.39, 0.29) is 41.7 Å². The Morgan fingerprint density at radius 3 is 2.76 bits per heavy atom. The standard InChI is InChI=1S/C20H28O5/c1-6-10(2)18(21)25-17-9-13-11(3)7-16-14(12(4)19(22)24-16)8-15(13)20(17,5)23/h6-7,12-17,23H,8-9H2,1-5H3/b10-6-/t12-,13-,14+,15+,16+,17+,20-/m0/s1. The zero-order chi connectivity index (χ0) is 18.5. The van der Waals surface area contributed by atoms with Crippen LogP contribution in [0.25, 0.3) is 0 Å². The first-order valence-corrected chi connectivity index (χ1v) is 9.11. The summed E-state index contributed by atoms with van der Waals surface area (Å²) in [7, 11) is 0. The zero-order valence-corrected chi connectivity index (χ0v) is 15.6. The quantitative estimate of drug-likeness (QED) is 0.472. The van der Waals surface area contributed by atoms with Crippen molar-refractivity contribution in [3.8, 4) is 0 Å². The number of fused-ring (bicyclic) bond motifs is 2. The summed E-state index contributed by atoms with van der Waals surface area (Å²) >= 11 is 0. The van der Waals surface area contributed by atoms with Crippen molar-refractivity contribution in [1.82, 2.24) is 0 Å². The number of esters is 2. The largest absolute Gasteiger partial charge is 0.458 e. The lowest BCUT2D eigenvalue weighted by molar-refractivity contribution is -0.158. The van der Waals surface area contributed by atoms with Gasteiger partial charge in [-0.2, -0.15) is 0 Å². The first-order valence-electron chi connectivity index (χ1n) is 9.11. The SMILES string of the molecule is C/C=C(/C)C(=O)O[C@@H]1C[C@H]2C(C)=C[C@H]3OC(=O)[C@@H](C)[C@H]3C[C@H]2[C@]1(C)O. The van der Waals surface area contributed by atoms with Gasteiger partial charge in [0.1, 0.15) is 17.8 Å². The summed E-state index contributed by atoms with van der Waals surface area (Å²) in [6.07, 6.45) is 4.30. The van der Waals surface area contributed by atoms with Crippen molar-refractivity contribution in [2.75, 3.05) is 0 Å². The minimum atomic E-state index is -1.12. The van der Waals surface area contributed by atoms with Crippen molar-refractivity contribution >= 4 is 11.9 Å². The van der Waals surface area contributed by atoms with E-state index in [1.54, 1.807) is 26.8 Å². The Kier molecular flexibility index (Phi) is 4.56. The molecule has 1 saturated heterocycles. The topological polar surface area (TPSA) is 72.8 Å². The lowest BCUT2D eigenvalue weighted by Gasteiger charge is -2.33. The summed E-state index contributed by atoms with van der Waals surface area (Å²) < 4.78 is 11.1. The molecule has 2 fully saturated rings. The average Bonchev–Trinajstić information content (AvgIpc) is 2.89. The van der Waals surface area contributed by atoms with E-state index in [1.165, 1.54) is 0 Å². The van der Waals surface area contributed by atoms with Gasteiger partial charge in [-0.25, -0.2) is 4.79 Å². The van der Waals surface area contributed by atoms with Crippen LogP contribution >= 0.6 is 0 Å². The molecule has 25 heavy (non-hydrogen) atoms. The Bertz CT molecular complexity index is 644. The zero-order valence-electron chi connectivity index (χ0n) is 15.6. The molecule has 0 aromatic heterocycles. The van der Waals surface area contributed by atoms with Gasteiger partial charge in [-0.15, -0.1) is 0 Å². The molecule has 0 amide bonds. The lowest BCUT2D eigenvalue weighted by atomic mass is 9.76. The third-order valence-electron chi connectivity index (χ3n) is 6.59. The van der Waals surface area contributed by atoms with Crippen LogP contribution in [0.3, 0.4) is 0 Å². The first-order chi connectivity index (χ1) is 11.7. The van der Waals surface area contributed by atoms with Gasteiger partial charge in [0.2, 0.25) is 0 Å². The number of ether oxygens (including phenoxy) is 2. The molecule has 0 aromatic rings. The number of carbonyl (C=O) groups excluding carboxylic acids is 2. The number of allylic oxidation sites excluding steroid dienone is 2. The Morgan fingerprint density at radius 1 is 1.44 bits per heavy atom. The highest BCUT2D eigenvalue weighted by Gasteiger charge is 2.57. The van der Waals surface area contributed by atoms with E-state index in [2.05, 4.69) is 0 Å². The molecule has 5 heteroatoms. The van der Waals surface area contributed by atoms with Gasteiger partial charge in [-0.3, -0.25) is 4.79 Å². The van der Waals surface area contributed by atoms with Crippen LogP contribution in [-0.2, 0) is 19.1 Å². The Morgan fingerprint density at radius 2 is 2.12 bits per heavy atom. The van der Waals surface area contributed by atoms with Crippen molar-refractivity contribution in [1.29, 1.82) is 0 Å². The molecule has 1 N–H and O–H groups in total. The van der Waals surface area contributed by atoms with Gasteiger partial charge in [0.15, 0.2) is 0 Å². The summed E-state index contributed by atoms with van der Waals surface area (Å²) in [5, 5.41) is 11.2. The van der Waals surface area contributed by atoms with Crippen molar-refractivity contribution in [2.45, 2.75) is 65.3 Å². The molecule has 138 valence electrons. The van der Waals surface area contributed by atoms with Crippen LogP contribution < -0.4 is 0 Å². The van der Waals surface area contributed by atoms with Gasteiger partial charge in [-0.05, 0) is 58.4 Å². The van der Waals surface area contributed by atoms with E-state index in [0.29, 0.717) is 18.4 Å². The maximum absolute atomic E-state index is 12.2. The van der Waals surface area contributed by atoms with Crippen LogP contribution in [-0.4, -0.2) is 34.9 Å². The highest BCUT2D eigenvalue weighted by Crippen LogP contribution is 2.52. The molecule has 1 aliphatic heterocycles. The van der Waals surface area contributed by atoms with E-state index in [9.17, 15) is 14.7 Å². The van der Waals surface area contributed by atoms with Crippen molar-refractivity contribution in [3.63, 3.8) is 0 Å². The number of carbonyl (C=O) groups is 2. The molecule has 0 spiro atoms. The van der Waals surface area contributed by atoms with E-state index in [1.807, 2.05) is 19.9 Å². The number of aliphatic hydroxyl groups is 1. The molecule has 0 bridgehead atoms. The second-order valence-corrected chi connectivity index (χ2v) is 8.04. The molecular formula is C20H28O5. The number of hydrogen-bond donors (Lipinski definition) is 1. The Balaban J connectivity index is 1.87. The van der Waals surface area contributed by atoms with Gasteiger partial charge in [0, 0.05) is 11.5 Å². The van der Waals surface area contributed by atoms with E-state index in [4.69, 9.17) is 9.47 Å². The van der Waals surface area contributed by atoms with Crippen molar-refractivity contribution < 1.29 is 24.2 Å². The molecule has 0 aromatic carbocycles. The van der Waals surface area contributed by atoms with E-state index < -0.39 is 11.7 Å². The summed E-state index contributed by atoms with van der Waals surface area (Å²) in [6, 6.07) is 0. The highest BCUT2D eigenvalue weighted by molar-refractivity contribution is 5.87. The fourth-order valence-corrected chi connectivity index (χ4v) is 4.65. The monoisotopic (exact) mass is 348 g/mol. The summed E-state index contributed by atoms with van der Waals surface area (Å²) in [4.78, 5) is 24.1. The van der Waals surface area contributed by atoms with E-state index in [0.717, 1.165) is 5.57 Å². The third kappa shape index (κ3) is 2.92. The molecule has 0 radical (unpaired) electrons. The normalized spacial score (nSPS) is 43.7. The Labute approximate surface area is 149 Å². The summed E-state index contributed by atoms with van der Waals surface area (Å²) in [5.41, 5.74) is 0.531. The first kappa shape index (κ1) is 18.2. The van der Waals surface area contributed by atoms with Crippen LogP contribution in [0.1, 0.15) is 47.5 Å². The van der Waals surface area contributed by atoms with Crippen LogP contribution in [0.15, 0.2) is 23.3 Å². The van der Waals surface area contributed by atoms with Crippen LogP contribution in [0.2, 0.25) is 0 Å². The van der Waals surface area contributed by atoms with Gasteiger partial charge in [0.05, 0.1) is 5.92 Å². The molecule has 1 heterocycles. The van der Waals surface area contributed by atoms with E-state index >= 15 is 0 Å². The minimum absolute atomic E-state index is 0.0561. The second-order valence-electron chi connectivity index (χ2n) is 8.04. The van der Waals surface area contributed by atoms with Gasteiger partial charge >= 0.3 is 11.9 Å². The molecule has 0 unspecified atom stereocenters. The summed E-state index contributed by atoms with van der Waals surface area (Å²) in [6.45, 7) is 9.18.